The summed E-state index contributed by atoms with van der Waals surface area (Å²) in [6.45, 7) is 8.49. The van der Waals surface area contributed by atoms with Gasteiger partial charge in [0.25, 0.3) is 0 Å². The summed E-state index contributed by atoms with van der Waals surface area (Å²) in [4.78, 5) is 15.8. The van der Waals surface area contributed by atoms with Gasteiger partial charge in [0.2, 0.25) is 0 Å². The lowest BCUT2D eigenvalue weighted by molar-refractivity contribution is -0.118. The van der Waals surface area contributed by atoms with Gasteiger partial charge < -0.3 is 10.5 Å². The lowest BCUT2D eigenvalue weighted by Crippen LogP contribution is -2.42. The summed E-state index contributed by atoms with van der Waals surface area (Å²) in [5.41, 5.74) is 12.5. The standard InChI is InChI=1S/C33H30BrCl2N3O2/c1-18-12-20(17-41-22-10-8-21(34)9-11-22)19(2)23(13-18)29-24(16-37)32(38)39(26-7-5-6-25(35)31(26)36)27-14-33(3,4)15-28(40)30(27)29/h5-13,29H,14-15,17,38H2,1-4H3. The van der Waals surface area contributed by atoms with E-state index < -0.39 is 5.92 Å². The topological polar surface area (TPSA) is 79.3 Å². The number of benzene rings is 3. The first kappa shape index (κ1) is 29.3. The predicted molar refractivity (Wildman–Crippen MR) is 168 cm³/mol. The maximum Gasteiger partial charge on any atom is 0.162 e. The number of anilines is 1. The third kappa shape index (κ3) is 5.51. The van der Waals surface area contributed by atoms with E-state index >= 15 is 0 Å². The van der Waals surface area contributed by atoms with Crippen molar-refractivity contribution in [2.75, 3.05) is 4.90 Å². The van der Waals surface area contributed by atoms with E-state index in [1.54, 1.807) is 17.0 Å². The second-order valence-electron chi connectivity index (χ2n) is 11.4. The first-order valence-electron chi connectivity index (χ1n) is 13.3. The average Bonchev–Trinajstić information content (AvgIpc) is 2.90. The van der Waals surface area contributed by atoms with E-state index in [0.29, 0.717) is 46.3 Å². The molecule has 1 heterocycles. The largest absolute Gasteiger partial charge is 0.489 e. The van der Waals surface area contributed by atoms with Gasteiger partial charge in [0.1, 0.15) is 18.2 Å². The highest BCUT2D eigenvalue weighted by atomic mass is 79.9. The number of hydrogen-bond donors (Lipinski definition) is 1. The normalized spacial score (nSPS) is 18.3. The smallest absolute Gasteiger partial charge is 0.162 e. The summed E-state index contributed by atoms with van der Waals surface area (Å²) in [5.74, 6) is 0.385. The third-order valence-electron chi connectivity index (χ3n) is 7.77. The number of nitriles is 1. The second-order valence-corrected chi connectivity index (χ2v) is 13.1. The molecular formula is C33H30BrCl2N3O2. The number of ether oxygens (including phenoxy) is 1. The van der Waals surface area contributed by atoms with Crippen molar-refractivity contribution in [1.29, 1.82) is 5.26 Å². The van der Waals surface area contributed by atoms with Crippen LogP contribution in [0.2, 0.25) is 10.0 Å². The molecule has 0 spiro atoms. The van der Waals surface area contributed by atoms with Crippen LogP contribution in [0.3, 0.4) is 0 Å². The van der Waals surface area contributed by atoms with Gasteiger partial charge in [0, 0.05) is 22.2 Å². The van der Waals surface area contributed by atoms with Crippen molar-refractivity contribution in [3.05, 3.63) is 114 Å². The van der Waals surface area contributed by atoms with Crippen molar-refractivity contribution >= 4 is 50.6 Å². The van der Waals surface area contributed by atoms with Crippen LogP contribution in [0.4, 0.5) is 5.69 Å². The van der Waals surface area contributed by atoms with Crippen molar-refractivity contribution in [3.8, 4) is 11.8 Å². The Morgan fingerprint density at radius 1 is 1.12 bits per heavy atom. The van der Waals surface area contributed by atoms with Crippen LogP contribution in [0.25, 0.3) is 0 Å². The average molecular weight is 651 g/mol. The molecule has 210 valence electrons. The number of aryl methyl sites for hydroxylation is 1. The molecule has 0 aromatic heterocycles. The van der Waals surface area contributed by atoms with Crippen LogP contribution in [0, 0.1) is 30.6 Å². The fourth-order valence-electron chi connectivity index (χ4n) is 5.87. The minimum atomic E-state index is -0.612. The Kier molecular flexibility index (Phi) is 8.00. The van der Waals surface area contributed by atoms with Crippen LogP contribution >= 0.6 is 39.1 Å². The fourth-order valence-corrected chi connectivity index (χ4v) is 6.51. The maximum atomic E-state index is 14.0. The summed E-state index contributed by atoms with van der Waals surface area (Å²) >= 11 is 16.5. The molecule has 0 saturated heterocycles. The summed E-state index contributed by atoms with van der Waals surface area (Å²) in [6.07, 6.45) is 0.944. The van der Waals surface area contributed by atoms with E-state index in [0.717, 1.165) is 38.2 Å². The van der Waals surface area contributed by atoms with E-state index in [4.69, 9.17) is 33.7 Å². The molecule has 1 atom stereocenters. The lowest BCUT2D eigenvalue weighted by atomic mass is 9.68. The molecule has 2 N–H and O–H groups in total. The number of carbonyl (C=O) groups is 1. The van der Waals surface area contributed by atoms with E-state index in [1.807, 2.05) is 50.2 Å². The van der Waals surface area contributed by atoms with Gasteiger partial charge in [-0.15, -0.1) is 0 Å². The first-order chi connectivity index (χ1) is 19.4. The predicted octanol–water partition coefficient (Wildman–Crippen LogP) is 8.89. The Balaban J connectivity index is 1.69. The molecule has 5 nitrogen and oxygen atoms in total. The number of ketones is 1. The van der Waals surface area contributed by atoms with Crippen molar-refractivity contribution in [2.45, 2.75) is 53.1 Å². The zero-order valence-electron chi connectivity index (χ0n) is 23.3. The van der Waals surface area contributed by atoms with Crippen LogP contribution in [0.15, 0.2) is 81.7 Å². The van der Waals surface area contributed by atoms with Crippen molar-refractivity contribution in [1.82, 2.24) is 0 Å². The van der Waals surface area contributed by atoms with Crippen LogP contribution in [-0.4, -0.2) is 5.78 Å². The Labute approximate surface area is 259 Å². The van der Waals surface area contributed by atoms with Crippen molar-refractivity contribution in [3.63, 3.8) is 0 Å². The Bertz CT molecular complexity index is 1670. The first-order valence-corrected chi connectivity index (χ1v) is 14.8. The second kappa shape index (κ2) is 11.2. The fraction of sp³-hybridized carbons (Fsp3) is 0.273. The van der Waals surface area contributed by atoms with Gasteiger partial charge in [-0.25, -0.2) is 0 Å². The van der Waals surface area contributed by atoms with Gasteiger partial charge in [0.15, 0.2) is 5.78 Å². The highest BCUT2D eigenvalue weighted by Crippen LogP contribution is 2.52. The summed E-state index contributed by atoms with van der Waals surface area (Å²) < 4.78 is 7.09. The van der Waals surface area contributed by atoms with Crippen LogP contribution < -0.4 is 15.4 Å². The number of Topliss-reactive ketones (excluding diaryl/α,β-unsaturated/α-hetero) is 1. The molecule has 0 amide bonds. The molecule has 1 aliphatic carbocycles. The molecule has 0 saturated carbocycles. The zero-order valence-corrected chi connectivity index (χ0v) is 26.4. The zero-order chi connectivity index (χ0) is 29.6. The summed E-state index contributed by atoms with van der Waals surface area (Å²) in [6, 6.07) is 19.5. The third-order valence-corrected chi connectivity index (χ3v) is 9.11. The molecule has 1 aliphatic heterocycles. The van der Waals surface area contributed by atoms with E-state index in [1.165, 1.54) is 0 Å². The molecule has 5 rings (SSSR count). The van der Waals surface area contributed by atoms with Gasteiger partial charge in [-0.3, -0.25) is 9.69 Å². The molecule has 8 heteroatoms. The molecule has 41 heavy (non-hydrogen) atoms. The van der Waals surface area contributed by atoms with E-state index in [2.05, 4.69) is 41.9 Å². The van der Waals surface area contributed by atoms with Gasteiger partial charge in [-0.05, 0) is 78.8 Å². The molecular weight excluding hydrogens is 621 g/mol. The van der Waals surface area contributed by atoms with Gasteiger partial charge in [-0.2, -0.15) is 5.26 Å². The maximum absolute atomic E-state index is 14.0. The summed E-state index contributed by atoms with van der Waals surface area (Å²) in [5, 5.41) is 11.2. The molecule has 2 aliphatic rings. The highest BCUT2D eigenvalue weighted by molar-refractivity contribution is 9.10. The lowest BCUT2D eigenvalue weighted by Gasteiger charge is -2.44. The van der Waals surface area contributed by atoms with Gasteiger partial charge in [-0.1, -0.05) is 76.7 Å². The molecule has 0 radical (unpaired) electrons. The quantitative estimate of drug-likeness (QED) is 0.298. The van der Waals surface area contributed by atoms with Gasteiger partial charge in [0.05, 0.1) is 33.3 Å². The number of rotatable bonds is 5. The minimum Gasteiger partial charge on any atom is -0.489 e. The number of carbonyl (C=O) groups excluding carboxylic acids is 1. The van der Waals surface area contributed by atoms with Crippen LogP contribution in [-0.2, 0) is 11.4 Å². The molecule has 0 fully saturated rings. The Morgan fingerprint density at radius 2 is 1.83 bits per heavy atom. The molecule has 3 aromatic carbocycles. The minimum absolute atomic E-state index is 0.00165. The number of allylic oxidation sites excluding steroid dienone is 3. The van der Waals surface area contributed by atoms with Crippen molar-refractivity contribution in [2.24, 2.45) is 11.1 Å². The molecule has 1 unspecified atom stereocenters. The van der Waals surface area contributed by atoms with Crippen molar-refractivity contribution < 1.29 is 9.53 Å². The Morgan fingerprint density at radius 3 is 2.51 bits per heavy atom. The molecule has 3 aromatic rings. The number of hydrogen-bond acceptors (Lipinski definition) is 5. The SMILES string of the molecule is Cc1cc(COc2ccc(Br)cc2)c(C)c(C2C(C#N)=C(N)N(c3cccc(Cl)c3Cl)C3=C2C(=O)CC(C)(C)C3)c1. The van der Waals surface area contributed by atoms with E-state index in [9.17, 15) is 10.1 Å². The highest BCUT2D eigenvalue weighted by Gasteiger charge is 2.45. The number of halogens is 3. The van der Waals surface area contributed by atoms with E-state index in [-0.39, 0.29) is 17.0 Å². The Hall–Kier alpha value is -3.24. The van der Waals surface area contributed by atoms with Gasteiger partial charge >= 0.3 is 0 Å². The van der Waals surface area contributed by atoms with Crippen LogP contribution in [0.1, 0.15) is 54.9 Å². The molecule has 0 bridgehead atoms. The number of nitrogens with zero attached hydrogens (tertiary/aromatic N) is 2. The monoisotopic (exact) mass is 649 g/mol. The number of nitrogens with two attached hydrogens (primary N) is 1. The van der Waals surface area contributed by atoms with Crippen LogP contribution in [0.5, 0.6) is 5.75 Å². The summed E-state index contributed by atoms with van der Waals surface area (Å²) in [7, 11) is 0.